The molecule has 1 saturated heterocycles. The first-order chi connectivity index (χ1) is 12.9. The largest absolute Gasteiger partial charge is 0.453 e. The second kappa shape index (κ2) is 8.10. The molecule has 9 heteroatoms. The number of anilines is 1. The van der Waals surface area contributed by atoms with Gasteiger partial charge in [0.05, 0.1) is 24.2 Å². The molecular weight excluding hydrogens is 388 g/mol. The van der Waals surface area contributed by atoms with Gasteiger partial charge < -0.3 is 15.0 Å². The molecule has 1 aliphatic rings. The molecule has 0 atom stereocenters. The molecule has 7 nitrogen and oxygen atoms in total. The average molecular weight is 409 g/mol. The second-order valence-electron chi connectivity index (χ2n) is 6.05. The highest BCUT2D eigenvalue weighted by Gasteiger charge is 2.31. The molecule has 3 rings (SSSR count). The number of rotatable bonds is 5. The maximum Gasteiger partial charge on any atom is 0.407 e. The van der Waals surface area contributed by atoms with Gasteiger partial charge in [0.2, 0.25) is 15.7 Å². The third kappa shape index (κ3) is 4.14. The van der Waals surface area contributed by atoms with Crippen molar-refractivity contribution in [1.29, 1.82) is 0 Å². The van der Waals surface area contributed by atoms with Crippen molar-refractivity contribution < 1.29 is 22.7 Å². The number of amides is 2. The molecule has 144 valence electrons. The van der Waals surface area contributed by atoms with Crippen LogP contribution in [0.1, 0.15) is 24.1 Å². The average Bonchev–Trinajstić information content (AvgIpc) is 3.12. The fraction of sp³-hybridized carbons (Fsp3) is 0.333. The van der Waals surface area contributed by atoms with Crippen LogP contribution in [0.2, 0.25) is 0 Å². The summed E-state index contributed by atoms with van der Waals surface area (Å²) >= 11 is 1.06. The number of thiophene rings is 1. The first-order valence-electron chi connectivity index (χ1n) is 8.48. The zero-order chi connectivity index (χ0) is 19.4. The maximum absolute atomic E-state index is 13.2. The molecule has 1 N–H and O–H groups in total. The summed E-state index contributed by atoms with van der Waals surface area (Å²) in [6.45, 7) is 0.605. The Morgan fingerprint density at radius 2 is 2.00 bits per heavy atom. The van der Waals surface area contributed by atoms with E-state index in [0.29, 0.717) is 23.5 Å². The van der Waals surface area contributed by atoms with Gasteiger partial charge in [-0.3, -0.25) is 4.79 Å². The van der Waals surface area contributed by atoms with Gasteiger partial charge in [-0.2, -0.15) is 0 Å². The Hall–Kier alpha value is -2.39. The lowest BCUT2D eigenvalue weighted by Crippen LogP contribution is -2.35. The fourth-order valence-electron chi connectivity index (χ4n) is 2.88. The van der Waals surface area contributed by atoms with E-state index < -0.39 is 15.9 Å². The molecular formula is C18H20N2O5S2. The zero-order valence-corrected chi connectivity index (χ0v) is 16.4. The van der Waals surface area contributed by atoms with Gasteiger partial charge in [-0.05, 0) is 31.0 Å². The molecule has 0 aliphatic carbocycles. The van der Waals surface area contributed by atoms with Crippen LogP contribution in [0.25, 0.3) is 0 Å². The SMILES string of the molecule is COC(=O)NCc1cc(N2CCCCC2=O)c(S(=O)(=O)c2ccccc2)s1. The maximum atomic E-state index is 13.2. The van der Waals surface area contributed by atoms with Gasteiger partial charge in [0.15, 0.2) is 0 Å². The minimum Gasteiger partial charge on any atom is -0.453 e. The van der Waals surface area contributed by atoms with Crippen molar-refractivity contribution in [3.05, 3.63) is 41.3 Å². The van der Waals surface area contributed by atoms with E-state index in [9.17, 15) is 18.0 Å². The summed E-state index contributed by atoms with van der Waals surface area (Å²) in [5.74, 6) is -0.0870. The molecule has 0 radical (unpaired) electrons. The molecule has 2 heterocycles. The highest BCUT2D eigenvalue weighted by Crippen LogP contribution is 2.39. The minimum absolute atomic E-state index is 0.0870. The van der Waals surface area contributed by atoms with Crippen LogP contribution in [0.3, 0.4) is 0 Å². The van der Waals surface area contributed by atoms with Crippen LogP contribution in [0.4, 0.5) is 10.5 Å². The van der Waals surface area contributed by atoms with Gasteiger partial charge in [-0.15, -0.1) is 11.3 Å². The number of ether oxygens (including phenoxy) is 1. The summed E-state index contributed by atoms with van der Waals surface area (Å²) in [6.07, 6.45) is 1.42. The van der Waals surface area contributed by atoms with E-state index in [4.69, 9.17) is 0 Å². The smallest absolute Gasteiger partial charge is 0.407 e. The topological polar surface area (TPSA) is 92.8 Å². The standard InChI is InChI=1S/C18H20N2O5S2/c1-25-18(22)19-12-13-11-15(20-10-6-5-9-16(20)21)17(26-13)27(23,24)14-7-3-2-4-8-14/h2-4,7-8,11H,5-6,9-10,12H2,1H3,(H,19,22). The Balaban J connectivity index is 2.03. The van der Waals surface area contributed by atoms with E-state index in [-0.39, 0.29) is 21.6 Å². The predicted octanol–water partition coefficient (Wildman–Crippen LogP) is 2.95. The number of hydrogen-bond acceptors (Lipinski definition) is 6. The lowest BCUT2D eigenvalue weighted by Gasteiger charge is -2.26. The Labute approximate surface area is 161 Å². The summed E-state index contributed by atoms with van der Waals surface area (Å²) in [6, 6.07) is 9.79. The Morgan fingerprint density at radius 1 is 1.26 bits per heavy atom. The van der Waals surface area contributed by atoms with Gasteiger partial charge in [-0.1, -0.05) is 18.2 Å². The number of methoxy groups -OCH3 is 1. The van der Waals surface area contributed by atoms with Crippen molar-refractivity contribution in [2.45, 2.75) is 34.9 Å². The van der Waals surface area contributed by atoms with Crippen LogP contribution < -0.4 is 10.2 Å². The Morgan fingerprint density at radius 3 is 2.67 bits per heavy atom. The fourth-order valence-corrected chi connectivity index (χ4v) is 5.93. The number of carbonyl (C=O) groups is 2. The van der Waals surface area contributed by atoms with Crippen molar-refractivity contribution in [1.82, 2.24) is 5.32 Å². The molecule has 1 aliphatic heterocycles. The van der Waals surface area contributed by atoms with Crippen LogP contribution >= 0.6 is 11.3 Å². The quantitative estimate of drug-likeness (QED) is 0.821. The highest BCUT2D eigenvalue weighted by atomic mass is 32.2. The zero-order valence-electron chi connectivity index (χ0n) is 14.8. The van der Waals surface area contributed by atoms with E-state index in [1.807, 2.05) is 0 Å². The van der Waals surface area contributed by atoms with Crippen LogP contribution in [0.5, 0.6) is 0 Å². The normalized spacial score (nSPS) is 14.9. The number of nitrogens with one attached hydrogen (secondary N) is 1. The number of piperidine rings is 1. The molecule has 2 amide bonds. The summed E-state index contributed by atoms with van der Waals surface area (Å²) in [7, 11) is -2.53. The summed E-state index contributed by atoms with van der Waals surface area (Å²) in [5.41, 5.74) is 0.384. The molecule has 1 aromatic carbocycles. The molecule has 0 unspecified atom stereocenters. The third-order valence-electron chi connectivity index (χ3n) is 4.23. The van der Waals surface area contributed by atoms with Crippen molar-refractivity contribution in [2.24, 2.45) is 0 Å². The number of nitrogens with zero attached hydrogens (tertiary/aromatic N) is 1. The van der Waals surface area contributed by atoms with Crippen molar-refractivity contribution in [3.8, 4) is 0 Å². The van der Waals surface area contributed by atoms with Crippen molar-refractivity contribution in [2.75, 3.05) is 18.6 Å². The number of carbonyl (C=O) groups excluding carboxylic acids is 2. The third-order valence-corrected chi connectivity index (χ3v) is 7.65. The Kier molecular flexibility index (Phi) is 5.81. The monoisotopic (exact) mass is 408 g/mol. The van der Waals surface area contributed by atoms with Gasteiger partial charge in [-0.25, -0.2) is 13.2 Å². The van der Waals surface area contributed by atoms with Crippen molar-refractivity contribution >= 4 is 38.9 Å². The lowest BCUT2D eigenvalue weighted by atomic mass is 10.1. The number of benzene rings is 1. The first-order valence-corrected chi connectivity index (χ1v) is 10.8. The van der Waals surface area contributed by atoms with Gasteiger partial charge in [0.1, 0.15) is 4.21 Å². The van der Waals surface area contributed by atoms with Gasteiger partial charge in [0.25, 0.3) is 0 Å². The van der Waals surface area contributed by atoms with Crippen LogP contribution in [-0.2, 0) is 25.9 Å². The summed E-state index contributed by atoms with van der Waals surface area (Å²) in [5, 5.41) is 2.55. The predicted molar refractivity (Wildman–Crippen MR) is 102 cm³/mol. The van der Waals surface area contributed by atoms with Crippen LogP contribution in [0, 0.1) is 0 Å². The van der Waals surface area contributed by atoms with Crippen LogP contribution in [0.15, 0.2) is 45.5 Å². The number of hydrogen-bond donors (Lipinski definition) is 1. The van der Waals surface area contributed by atoms with E-state index >= 15 is 0 Å². The molecule has 1 aromatic heterocycles. The molecule has 0 spiro atoms. The van der Waals surface area contributed by atoms with E-state index in [1.165, 1.54) is 24.1 Å². The van der Waals surface area contributed by atoms with Gasteiger partial charge >= 0.3 is 6.09 Å². The number of sulfone groups is 1. The molecule has 2 aromatic rings. The highest BCUT2D eigenvalue weighted by molar-refractivity contribution is 7.93. The Bertz CT molecular complexity index is 938. The summed E-state index contributed by atoms with van der Waals surface area (Å²) in [4.78, 5) is 26.1. The minimum atomic E-state index is -3.79. The van der Waals surface area contributed by atoms with Crippen LogP contribution in [-0.4, -0.2) is 34.1 Å². The molecule has 27 heavy (non-hydrogen) atoms. The van der Waals surface area contributed by atoms with Crippen molar-refractivity contribution in [3.63, 3.8) is 0 Å². The van der Waals surface area contributed by atoms with Gasteiger partial charge in [0, 0.05) is 17.8 Å². The number of alkyl carbamates (subject to hydrolysis) is 1. The molecule has 1 fully saturated rings. The van der Waals surface area contributed by atoms with E-state index in [2.05, 4.69) is 10.1 Å². The molecule has 0 saturated carbocycles. The van der Waals surface area contributed by atoms with E-state index in [0.717, 1.165) is 24.2 Å². The second-order valence-corrected chi connectivity index (χ2v) is 9.33. The lowest BCUT2D eigenvalue weighted by molar-refractivity contribution is -0.119. The summed E-state index contributed by atoms with van der Waals surface area (Å²) < 4.78 is 31.0. The first kappa shape index (κ1) is 19.4. The molecule has 0 bridgehead atoms. The van der Waals surface area contributed by atoms with E-state index in [1.54, 1.807) is 24.3 Å².